The molecule has 0 saturated heterocycles. The van der Waals surface area contributed by atoms with Gasteiger partial charge in [-0.2, -0.15) is 0 Å². The zero-order valence-electron chi connectivity index (χ0n) is 7.29. The standard InChI is InChI=1S/C6H14O3SSi/c1-5(10)9-6(2)11(7-3)8-4/h6,11H,1-4H3. The summed E-state index contributed by atoms with van der Waals surface area (Å²) >= 11 is 4.78. The van der Waals surface area contributed by atoms with Crippen LogP contribution in [0, 0.1) is 0 Å². The third-order valence-corrected chi connectivity index (χ3v) is 3.13. The average Bonchev–Trinajstić information content (AvgIpc) is 1.88. The van der Waals surface area contributed by atoms with Gasteiger partial charge in [0.15, 0.2) is 5.05 Å². The molecule has 1 atom stereocenters. The van der Waals surface area contributed by atoms with Gasteiger partial charge in [0.1, 0.15) is 5.73 Å². The lowest BCUT2D eigenvalue weighted by atomic mass is 10.8. The van der Waals surface area contributed by atoms with E-state index in [0.717, 1.165) is 0 Å². The molecule has 0 fully saturated rings. The van der Waals surface area contributed by atoms with E-state index in [1.54, 1.807) is 21.1 Å². The topological polar surface area (TPSA) is 27.7 Å². The van der Waals surface area contributed by atoms with Crippen molar-refractivity contribution in [3.63, 3.8) is 0 Å². The number of hydrogen-bond acceptors (Lipinski definition) is 4. The van der Waals surface area contributed by atoms with Gasteiger partial charge in [-0.05, 0) is 19.1 Å². The van der Waals surface area contributed by atoms with Crippen molar-refractivity contribution in [1.29, 1.82) is 0 Å². The van der Waals surface area contributed by atoms with E-state index in [-0.39, 0.29) is 5.73 Å². The van der Waals surface area contributed by atoms with Crippen LogP contribution in [0.15, 0.2) is 0 Å². The van der Waals surface area contributed by atoms with Crippen LogP contribution in [0.3, 0.4) is 0 Å². The maximum atomic E-state index is 5.24. The number of ether oxygens (including phenoxy) is 1. The smallest absolute Gasteiger partial charge is 0.362 e. The Morgan fingerprint density at radius 2 is 1.82 bits per heavy atom. The van der Waals surface area contributed by atoms with Gasteiger partial charge in [0.25, 0.3) is 0 Å². The molecule has 0 heterocycles. The normalized spacial score (nSPS) is 13.2. The van der Waals surface area contributed by atoms with Crippen LogP contribution in [0.2, 0.25) is 0 Å². The molecule has 66 valence electrons. The second kappa shape index (κ2) is 5.65. The molecule has 0 aliphatic heterocycles. The predicted octanol–water partition coefficient (Wildman–Crippen LogP) is 0.791. The highest BCUT2D eigenvalue weighted by Gasteiger charge is 2.21. The summed E-state index contributed by atoms with van der Waals surface area (Å²) < 4.78 is 15.4. The maximum Gasteiger partial charge on any atom is 0.362 e. The summed E-state index contributed by atoms with van der Waals surface area (Å²) in [7, 11) is 1.60. The fourth-order valence-corrected chi connectivity index (χ4v) is 2.32. The molecule has 0 aromatic rings. The molecule has 0 aliphatic rings. The molecular formula is C6H14O3SSi. The molecule has 0 aliphatic carbocycles. The lowest BCUT2D eigenvalue weighted by Gasteiger charge is -2.19. The molecule has 1 unspecified atom stereocenters. The first-order valence-corrected chi connectivity index (χ1v) is 5.36. The SMILES string of the molecule is CO[SiH](OC)C(C)OC(C)=S. The molecular weight excluding hydrogens is 180 g/mol. The minimum absolute atomic E-state index is 0.0255. The predicted molar refractivity (Wildman–Crippen MR) is 50.0 cm³/mol. The Labute approximate surface area is 74.5 Å². The van der Waals surface area contributed by atoms with Crippen LogP contribution in [-0.2, 0) is 13.6 Å². The van der Waals surface area contributed by atoms with Gasteiger partial charge in [0, 0.05) is 21.1 Å². The largest absolute Gasteiger partial charge is 0.483 e. The number of rotatable bonds is 4. The highest BCUT2D eigenvalue weighted by atomic mass is 32.1. The minimum atomic E-state index is -1.65. The van der Waals surface area contributed by atoms with Crippen molar-refractivity contribution in [2.45, 2.75) is 19.6 Å². The molecule has 0 aromatic carbocycles. The lowest BCUT2D eigenvalue weighted by molar-refractivity contribution is 0.187. The molecule has 0 aromatic heterocycles. The minimum Gasteiger partial charge on any atom is -0.483 e. The zero-order chi connectivity index (χ0) is 8.85. The van der Waals surface area contributed by atoms with Crippen LogP contribution < -0.4 is 0 Å². The van der Waals surface area contributed by atoms with Crippen molar-refractivity contribution in [3.05, 3.63) is 0 Å². The molecule has 3 nitrogen and oxygen atoms in total. The molecule has 0 saturated carbocycles. The summed E-state index contributed by atoms with van der Waals surface area (Å²) in [6.07, 6.45) is 0. The molecule has 0 rings (SSSR count). The van der Waals surface area contributed by atoms with Crippen molar-refractivity contribution < 1.29 is 13.6 Å². The van der Waals surface area contributed by atoms with E-state index in [2.05, 4.69) is 0 Å². The summed E-state index contributed by atoms with van der Waals surface area (Å²) in [4.78, 5) is 0. The van der Waals surface area contributed by atoms with E-state index in [9.17, 15) is 0 Å². The van der Waals surface area contributed by atoms with E-state index in [0.29, 0.717) is 5.05 Å². The molecule has 0 radical (unpaired) electrons. The van der Waals surface area contributed by atoms with Gasteiger partial charge in [-0.3, -0.25) is 0 Å². The van der Waals surface area contributed by atoms with E-state index >= 15 is 0 Å². The van der Waals surface area contributed by atoms with Gasteiger partial charge in [0.05, 0.1) is 0 Å². The Kier molecular flexibility index (Phi) is 5.66. The first-order valence-electron chi connectivity index (χ1n) is 3.34. The summed E-state index contributed by atoms with van der Waals surface area (Å²) in [5.41, 5.74) is -0.0255. The average molecular weight is 194 g/mol. The fraction of sp³-hybridized carbons (Fsp3) is 0.833. The van der Waals surface area contributed by atoms with Crippen LogP contribution in [0.25, 0.3) is 0 Å². The summed E-state index contributed by atoms with van der Waals surface area (Å²) in [6.45, 7) is 3.64. The van der Waals surface area contributed by atoms with Crippen molar-refractivity contribution in [2.24, 2.45) is 0 Å². The maximum absolute atomic E-state index is 5.24. The third-order valence-electron chi connectivity index (χ3n) is 1.20. The molecule has 11 heavy (non-hydrogen) atoms. The van der Waals surface area contributed by atoms with Gasteiger partial charge < -0.3 is 13.6 Å². The Bertz CT molecular complexity index is 127. The van der Waals surface area contributed by atoms with Gasteiger partial charge >= 0.3 is 9.28 Å². The second-order valence-corrected chi connectivity index (χ2v) is 5.35. The Morgan fingerprint density at radius 1 is 1.36 bits per heavy atom. The van der Waals surface area contributed by atoms with E-state index < -0.39 is 9.28 Å². The van der Waals surface area contributed by atoms with Gasteiger partial charge in [0.2, 0.25) is 0 Å². The van der Waals surface area contributed by atoms with E-state index in [4.69, 9.17) is 25.8 Å². The fourth-order valence-electron chi connectivity index (χ4n) is 0.797. The second-order valence-electron chi connectivity index (χ2n) is 2.15. The van der Waals surface area contributed by atoms with Crippen molar-refractivity contribution in [3.8, 4) is 0 Å². The van der Waals surface area contributed by atoms with Gasteiger partial charge in [-0.15, -0.1) is 0 Å². The molecule has 0 spiro atoms. The monoisotopic (exact) mass is 194 g/mol. The van der Waals surface area contributed by atoms with Gasteiger partial charge in [-0.25, -0.2) is 0 Å². The van der Waals surface area contributed by atoms with E-state index in [1.165, 1.54) is 0 Å². The van der Waals surface area contributed by atoms with Gasteiger partial charge in [-0.1, -0.05) is 0 Å². The van der Waals surface area contributed by atoms with Crippen LogP contribution in [0.1, 0.15) is 13.8 Å². The first-order chi connectivity index (χ1) is 5.11. The Hall–Kier alpha value is 0.0269. The summed E-state index contributed by atoms with van der Waals surface area (Å²) in [5, 5.41) is 0.532. The van der Waals surface area contributed by atoms with Crippen LogP contribution in [0.4, 0.5) is 0 Å². The van der Waals surface area contributed by atoms with Crippen molar-refractivity contribution in [2.75, 3.05) is 14.2 Å². The van der Waals surface area contributed by atoms with Crippen LogP contribution in [0.5, 0.6) is 0 Å². The molecule has 5 heteroatoms. The third kappa shape index (κ3) is 4.47. The van der Waals surface area contributed by atoms with E-state index in [1.807, 2.05) is 6.92 Å². The Balaban J connectivity index is 3.78. The molecule has 0 N–H and O–H groups in total. The number of hydrogen-bond donors (Lipinski definition) is 0. The highest BCUT2D eigenvalue weighted by molar-refractivity contribution is 7.80. The first kappa shape index (κ1) is 11.0. The summed E-state index contributed by atoms with van der Waals surface area (Å²) in [6, 6.07) is 0. The highest BCUT2D eigenvalue weighted by Crippen LogP contribution is 1.99. The number of thiocarbonyl (C=S) groups is 1. The lowest BCUT2D eigenvalue weighted by Crippen LogP contribution is -2.36. The van der Waals surface area contributed by atoms with Crippen molar-refractivity contribution in [1.82, 2.24) is 0 Å². The van der Waals surface area contributed by atoms with Crippen LogP contribution in [-0.4, -0.2) is 34.3 Å². The quantitative estimate of drug-likeness (QED) is 0.488. The van der Waals surface area contributed by atoms with Crippen LogP contribution >= 0.6 is 12.2 Å². The zero-order valence-corrected chi connectivity index (χ0v) is 9.26. The molecule has 0 amide bonds. The Morgan fingerprint density at radius 3 is 2.09 bits per heavy atom. The molecule has 0 bridgehead atoms. The van der Waals surface area contributed by atoms with Crippen molar-refractivity contribution >= 4 is 26.6 Å². The summed E-state index contributed by atoms with van der Waals surface area (Å²) in [5.74, 6) is 0.